The Hall–Kier alpha value is -1.42. The van der Waals surface area contributed by atoms with Gasteiger partial charge in [0.2, 0.25) is 6.79 Å². The number of anilines is 1. The predicted molar refractivity (Wildman–Crippen MR) is 57.4 cm³/mol. The van der Waals surface area contributed by atoms with Crippen LogP contribution in [0.5, 0.6) is 11.5 Å². The molecule has 0 atom stereocenters. The molecule has 2 aliphatic rings. The number of nitrogens with zero attached hydrogens (tertiary/aromatic N) is 1. The fraction of sp³-hybridized carbons (Fsp3) is 0.455. The lowest BCUT2D eigenvalue weighted by molar-refractivity contribution is 0.174. The van der Waals surface area contributed by atoms with E-state index in [1.807, 2.05) is 6.07 Å². The first-order valence-corrected chi connectivity index (χ1v) is 5.18. The van der Waals surface area contributed by atoms with E-state index in [9.17, 15) is 0 Å². The molecular formula is C11H14N2O2. The van der Waals surface area contributed by atoms with E-state index in [1.165, 1.54) is 11.3 Å². The number of likely N-dealkylation sites (N-methyl/N-ethyl adjacent to an activating group) is 1. The van der Waals surface area contributed by atoms with Gasteiger partial charge in [-0.2, -0.15) is 0 Å². The maximum atomic E-state index is 5.37. The van der Waals surface area contributed by atoms with Gasteiger partial charge in [0.15, 0.2) is 11.5 Å². The molecule has 0 amide bonds. The van der Waals surface area contributed by atoms with Crippen LogP contribution in [0.25, 0.3) is 0 Å². The van der Waals surface area contributed by atoms with Gasteiger partial charge in [-0.25, -0.2) is 0 Å². The average Bonchev–Trinajstić information content (AvgIpc) is 2.57. The first-order valence-electron chi connectivity index (χ1n) is 5.18. The van der Waals surface area contributed by atoms with Crippen molar-refractivity contribution >= 4 is 5.69 Å². The van der Waals surface area contributed by atoms with Gasteiger partial charge in [-0.15, -0.1) is 0 Å². The number of hydrogen-bond acceptors (Lipinski definition) is 4. The van der Waals surface area contributed by atoms with Gasteiger partial charge in [0.1, 0.15) is 0 Å². The number of hydrogen-bond donors (Lipinski definition) is 1. The van der Waals surface area contributed by atoms with Crippen molar-refractivity contribution < 1.29 is 9.47 Å². The third-order valence-corrected chi connectivity index (χ3v) is 2.85. The van der Waals surface area contributed by atoms with Gasteiger partial charge in [-0.05, 0) is 18.7 Å². The van der Waals surface area contributed by atoms with Crippen LogP contribution < -0.4 is 14.8 Å². The molecule has 4 nitrogen and oxygen atoms in total. The fourth-order valence-corrected chi connectivity index (χ4v) is 2.03. The molecule has 0 saturated carbocycles. The summed E-state index contributed by atoms with van der Waals surface area (Å²) >= 11 is 0. The molecule has 2 aliphatic heterocycles. The minimum atomic E-state index is 0.341. The summed E-state index contributed by atoms with van der Waals surface area (Å²) in [5, 5.41) is 3.41. The van der Waals surface area contributed by atoms with Crippen LogP contribution in [0, 0.1) is 0 Å². The molecular weight excluding hydrogens is 192 g/mol. The Labute approximate surface area is 88.8 Å². The molecule has 0 fully saturated rings. The lowest BCUT2D eigenvalue weighted by atomic mass is 10.1. The third-order valence-electron chi connectivity index (χ3n) is 2.85. The zero-order chi connectivity index (χ0) is 10.3. The Morgan fingerprint density at radius 2 is 2.07 bits per heavy atom. The minimum Gasteiger partial charge on any atom is -0.454 e. The van der Waals surface area contributed by atoms with Crippen LogP contribution in [-0.4, -0.2) is 31.8 Å². The Morgan fingerprint density at radius 1 is 1.27 bits per heavy atom. The maximum absolute atomic E-state index is 5.37. The molecule has 1 aromatic rings. The molecule has 0 radical (unpaired) electrons. The lowest BCUT2D eigenvalue weighted by Gasteiger charge is -2.12. The van der Waals surface area contributed by atoms with Gasteiger partial charge in [0.05, 0.1) is 0 Å². The van der Waals surface area contributed by atoms with Crippen LogP contribution in [-0.2, 0) is 6.54 Å². The van der Waals surface area contributed by atoms with Crippen LogP contribution >= 0.6 is 0 Å². The fourth-order valence-electron chi connectivity index (χ4n) is 2.03. The summed E-state index contributed by atoms with van der Waals surface area (Å²) in [6.45, 7) is 3.33. The zero-order valence-electron chi connectivity index (χ0n) is 8.75. The highest BCUT2D eigenvalue weighted by Gasteiger charge is 2.19. The van der Waals surface area contributed by atoms with E-state index < -0.39 is 0 Å². The minimum absolute atomic E-state index is 0.341. The second kappa shape index (κ2) is 3.31. The predicted octanol–water partition coefficient (Wildman–Crippen LogP) is 1.27. The molecule has 1 aromatic carbocycles. The largest absolute Gasteiger partial charge is 0.454 e. The van der Waals surface area contributed by atoms with E-state index in [-0.39, 0.29) is 0 Å². The maximum Gasteiger partial charge on any atom is 0.231 e. The number of fused-ring (bicyclic) bond motifs is 2. The van der Waals surface area contributed by atoms with Crippen LogP contribution in [0.1, 0.15) is 5.56 Å². The van der Waals surface area contributed by atoms with Crippen molar-refractivity contribution in [1.29, 1.82) is 0 Å². The number of nitrogens with one attached hydrogen (secondary N) is 1. The van der Waals surface area contributed by atoms with Gasteiger partial charge >= 0.3 is 0 Å². The summed E-state index contributed by atoms with van der Waals surface area (Å²) in [5.74, 6) is 1.72. The highest BCUT2D eigenvalue weighted by atomic mass is 16.7. The molecule has 3 rings (SSSR count). The van der Waals surface area contributed by atoms with Crippen LogP contribution in [0.3, 0.4) is 0 Å². The molecule has 0 aromatic heterocycles. The Bertz CT molecular complexity index is 392. The van der Waals surface area contributed by atoms with Crippen LogP contribution in [0.2, 0.25) is 0 Å². The van der Waals surface area contributed by atoms with Crippen molar-refractivity contribution in [2.75, 3.05) is 32.2 Å². The van der Waals surface area contributed by atoms with Gasteiger partial charge < -0.3 is 19.7 Å². The second-order valence-electron chi connectivity index (χ2n) is 4.03. The van der Waals surface area contributed by atoms with Gasteiger partial charge in [-0.1, -0.05) is 0 Å². The lowest BCUT2D eigenvalue weighted by Crippen LogP contribution is -2.20. The monoisotopic (exact) mass is 206 g/mol. The molecule has 80 valence electrons. The van der Waals surface area contributed by atoms with E-state index in [1.54, 1.807) is 0 Å². The summed E-state index contributed by atoms with van der Waals surface area (Å²) in [4.78, 5) is 2.29. The van der Waals surface area contributed by atoms with E-state index in [4.69, 9.17) is 9.47 Å². The molecule has 0 saturated heterocycles. The summed E-state index contributed by atoms with van der Waals surface area (Å²) in [6, 6.07) is 4.11. The van der Waals surface area contributed by atoms with E-state index in [0.717, 1.165) is 31.1 Å². The first-order chi connectivity index (χ1) is 7.33. The molecule has 15 heavy (non-hydrogen) atoms. The van der Waals surface area contributed by atoms with Crippen molar-refractivity contribution in [2.24, 2.45) is 0 Å². The van der Waals surface area contributed by atoms with Crippen LogP contribution in [0.15, 0.2) is 12.1 Å². The molecule has 0 aliphatic carbocycles. The summed E-state index contributed by atoms with van der Waals surface area (Å²) in [7, 11) is 2.13. The van der Waals surface area contributed by atoms with Gasteiger partial charge in [0, 0.05) is 31.4 Å². The van der Waals surface area contributed by atoms with E-state index in [0.29, 0.717) is 6.79 Å². The van der Waals surface area contributed by atoms with E-state index >= 15 is 0 Å². The molecule has 0 spiro atoms. The van der Waals surface area contributed by atoms with Crippen molar-refractivity contribution in [2.45, 2.75) is 6.54 Å². The normalized spacial score (nSPS) is 19.3. The SMILES string of the molecule is CN1CCNc2cc3c(cc2C1)OCO3. The Kier molecular flexibility index (Phi) is 1.95. The highest BCUT2D eigenvalue weighted by molar-refractivity contribution is 5.61. The van der Waals surface area contributed by atoms with Gasteiger partial charge in [-0.3, -0.25) is 0 Å². The summed E-state index contributed by atoms with van der Waals surface area (Å²) < 4.78 is 10.7. The van der Waals surface area contributed by atoms with Gasteiger partial charge in [0.25, 0.3) is 0 Å². The molecule has 0 unspecified atom stereocenters. The van der Waals surface area contributed by atoms with Crippen molar-refractivity contribution in [3.8, 4) is 11.5 Å². The smallest absolute Gasteiger partial charge is 0.231 e. The zero-order valence-corrected chi connectivity index (χ0v) is 8.75. The molecule has 1 N–H and O–H groups in total. The summed E-state index contributed by atoms with van der Waals surface area (Å²) in [6.07, 6.45) is 0. The average molecular weight is 206 g/mol. The van der Waals surface area contributed by atoms with Crippen LogP contribution in [0.4, 0.5) is 5.69 Å². The Morgan fingerprint density at radius 3 is 2.93 bits per heavy atom. The number of ether oxygens (including phenoxy) is 2. The molecule has 0 bridgehead atoms. The Balaban J connectivity index is 2.03. The second-order valence-corrected chi connectivity index (χ2v) is 4.03. The van der Waals surface area contributed by atoms with Crippen molar-refractivity contribution in [3.05, 3.63) is 17.7 Å². The topological polar surface area (TPSA) is 33.7 Å². The molecule has 2 heterocycles. The number of rotatable bonds is 0. The highest BCUT2D eigenvalue weighted by Crippen LogP contribution is 2.37. The number of benzene rings is 1. The molecule has 4 heteroatoms. The first kappa shape index (κ1) is 8.85. The standard InChI is InChI=1S/C11H14N2O2/c1-13-3-2-12-9-5-11-10(14-7-15-11)4-8(9)6-13/h4-5,12H,2-3,6-7H2,1H3. The quantitative estimate of drug-likeness (QED) is 0.693. The van der Waals surface area contributed by atoms with Crippen molar-refractivity contribution in [1.82, 2.24) is 4.90 Å². The van der Waals surface area contributed by atoms with Crippen molar-refractivity contribution in [3.63, 3.8) is 0 Å². The summed E-state index contributed by atoms with van der Waals surface area (Å²) in [5.41, 5.74) is 2.45. The third kappa shape index (κ3) is 1.51. The van der Waals surface area contributed by atoms with E-state index in [2.05, 4.69) is 23.3 Å².